The van der Waals surface area contributed by atoms with Crippen LogP contribution < -0.4 is 16.4 Å². The molecule has 1 aliphatic rings. The van der Waals surface area contributed by atoms with Gasteiger partial charge in [-0.2, -0.15) is 0 Å². The molecule has 27 heavy (non-hydrogen) atoms. The quantitative estimate of drug-likeness (QED) is 0.709. The van der Waals surface area contributed by atoms with Crippen LogP contribution >= 0.6 is 12.4 Å². The lowest BCUT2D eigenvalue weighted by molar-refractivity contribution is -0.126. The van der Waals surface area contributed by atoms with Crippen LogP contribution in [0.15, 0.2) is 54.6 Å². The van der Waals surface area contributed by atoms with Crippen LogP contribution in [0.4, 0.5) is 5.69 Å². The molecule has 0 aliphatic heterocycles. The first-order valence-corrected chi connectivity index (χ1v) is 8.94. The lowest BCUT2D eigenvalue weighted by Gasteiger charge is -2.26. The van der Waals surface area contributed by atoms with Crippen LogP contribution in [0.3, 0.4) is 0 Å². The summed E-state index contributed by atoms with van der Waals surface area (Å²) in [5.41, 5.74) is 7.65. The first-order chi connectivity index (χ1) is 12.4. The molecule has 2 amide bonds. The molecule has 2 aromatic carbocycles. The van der Waals surface area contributed by atoms with E-state index < -0.39 is 5.54 Å². The second-order valence-corrected chi connectivity index (χ2v) is 7.15. The maximum Gasteiger partial charge on any atom is 0.244 e. The SMILES string of the molecule is CC(NC(=O)C(C)(N)c1ccccc1)c1ccc(NC(=O)C2CC2)cc1.Cl. The molecule has 0 heterocycles. The Morgan fingerprint density at radius 2 is 1.67 bits per heavy atom. The highest BCUT2D eigenvalue weighted by Gasteiger charge is 2.31. The van der Waals surface area contributed by atoms with Crippen LogP contribution in [-0.2, 0) is 15.1 Å². The number of halogens is 1. The van der Waals surface area contributed by atoms with Crippen LogP contribution in [-0.4, -0.2) is 11.8 Å². The molecule has 0 radical (unpaired) electrons. The van der Waals surface area contributed by atoms with Crippen LogP contribution in [0.5, 0.6) is 0 Å². The first-order valence-electron chi connectivity index (χ1n) is 8.94. The minimum Gasteiger partial charge on any atom is -0.348 e. The zero-order chi connectivity index (χ0) is 18.7. The number of carbonyl (C=O) groups excluding carboxylic acids is 2. The number of nitrogens with two attached hydrogens (primary N) is 1. The van der Waals surface area contributed by atoms with Gasteiger partial charge in [0.1, 0.15) is 5.54 Å². The molecule has 2 aromatic rings. The summed E-state index contributed by atoms with van der Waals surface area (Å²) >= 11 is 0. The Kier molecular flexibility index (Phi) is 6.63. The maximum atomic E-state index is 12.7. The monoisotopic (exact) mass is 387 g/mol. The number of benzene rings is 2. The Balaban J connectivity index is 0.00000261. The van der Waals surface area contributed by atoms with Gasteiger partial charge in [-0.05, 0) is 49.9 Å². The van der Waals surface area contributed by atoms with E-state index in [1.54, 1.807) is 6.92 Å². The molecule has 6 heteroatoms. The Bertz CT molecular complexity index is 787. The summed E-state index contributed by atoms with van der Waals surface area (Å²) in [6.07, 6.45) is 1.96. The Morgan fingerprint density at radius 3 is 2.22 bits per heavy atom. The van der Waals surface area contributed by atoms with Crippen molar-refractivity contribution in [3.8, 4) is 0 Å². The molecule has 2 atom stereocenters. The van der Waals surface area contributed by atoms with Crippen molar-refractivity contribution in [1.29, 1.82) is 0 Å². The smallest absolute Gasteiger partial charge is 0.244 e. The van der Waals surface area contributed by atoms with Gasteiger partial charge in [0, 0.05) is 11.6 Å². The largest absolute Gasteiger partial charge is 0.348 e. The molecule has 3 rings (SSSR count). The first kappa shape index (κ1) is 20.9. The number of hydrogen-bond donors (Lipinski definition) is 3. The average molecular weight is 388 g/mol. The predicted molar refractivity (Wildman–Crippen MR) is 110 cm³/mol. The highest BCUT2D eigenvalue weighted by molar-refractivity contribution is 5.94. The fraction of sp³-hybridized carbons (Fsp3) is 0.333. The van der Waals surface area contributed by atoms with E-state index in [1.165, 1.54) is 0 Å². The van der Waals surface area contributed by atoms with Gasteiger partial charge in [0.15, 0.2) is 0 Å². The minimum absolute atomic E-state index is 0. The summed E-state index contributed by atoms with van der Waals surface area (Å²) in [6.45, 7) is 3.62. The van der Waals surface area contributed by atoms with E-state index in [4.69, 9.17) is 5.73 Å². The summed E-state index contributed by atoms with van der Waals surface area (Å²) in [5, 5.41) is 5.88. The molecule has 5 nitrogen and oxygen atoms in total. The molecule has 1 fully saturated rings. The Morgan fingerprint density at radius 1 is 1.07 bits per heavy atom. The molecule has 2 unspecified atom stereocenters. The highest BCUT2D eigenvalue weighted by atomic mass is 35.5. The normalized spacial score (nSPS) is 16.4. The fourth-order valence-corrected chi connectivity index (χ4v) is 2.79. The van der Waals surface area contributed by atoms with Crippen LogP contribution in [0.2, 0.25) is 0 Å². The van der Waals surface area contributed by atoms with Gasteiger partial charge in [0.05, 0.1) is 6.04 Å². The third-order valence-electron chi connectivity index (χ3n) is 4.82. The van der Waals surface area contributed by atoms with Gasteiger partial charge in [-0.15, -0.1) is 12.4 Å². The average Bonchev–Trinajstić information content (AvgIpc) is 3.48. The molecule has 0 bridgehead atoms. The zero-order valence-corrected chi connectivity index (χ0v) is 16.4. The van der Waals surface area contributed by atoms with E-state index in [0.29, 0.717) is 0 Å². The van der Waals surface area contributed by atoms with Gasteiger partial charge in [0.25, 0.3) is 0 Å². The van der Waals surface area contributed by atoms with Crippen molar-refractivity contribution in [1.82, 2.24) is 5.32 Å². The molecular formula is C21H26ClN3O2. The van der Waals surface area contributed by atoms with E-state index in [1.807, 2.05) is 61.5 Å². The van der Waals surface area contributed by atoms with Crippen molar-refractivity contribution in [3.05, 3.63) is 65.7 Å². The van der Waals surface area contributed by atoms with E-state index >= 15 is 0 Å². The number of nitrogens with one attached hydrogen (secondary N) is 2. The standard InChI is InChI=1S/C21H25N3O2.ClH/c1-14(23-20(26)21(2,22)17-6-4-3-5-7-17)15-10-12-18(13-11-15)24-19(25)16-8-9-16;/h3-7,10-14,16H,8-9,22H2,1-2H3,(H,23,26)(H,24,25);1H. The summed E-state index contributed by atoms with van der Waals surface area (Å²) in [4.78, 5) is 24.5. The van der Waals surface area contributed by atoms with Crippen molar-refractivity contribution in [2.45, 2.75) is 38.3 Å². The third-order valence-corrected chi connectivity index (χ3v) is 4.82. The topological polar surface area (TPSA) is 84.2 Å². The minimum atomic E-state index is -1.10. The molecule has 1 aliphatic carbocycles. The molecule has 0 aromatic heterocycles. The van der Waals surface area contributed by atoms with Gasteiger partial charge < -0.3 is 16.4 Å². The van der Waals surface area contributed by atoms with Gasteiger partial charge >= 0.3 is 0 Å². The Hall–Kier alpha value is -2.37. The second kappa shape index (κ2) is 8.55. The molecule has 0 spiro atoms. The number of hydrogen-bond acceptors (Lipinski definition) is 3. The molecule has 4 N–H and O–H groups in total. The molecule has 1 saturated carbocycles. The summed E-state index contributed by atoms with van der Waals surface area (Å²) < 4.78 is 0. The van der Waals surface area contributed by atoms with E-state index in [-0.39, 0.29) is 36.2 Å². The fourth-order valence-electron chi connectivity index (χ4n) is 2.79. The Labute approximate surface area is 166 Å². The van der Waals surface area contributed by atoms with E-state index in [0.717, 1.165) is 29.7 Å². The molecular weight excluding hydrogens is 362 g/mol. The van der Waals surface area contributed by atoms with Crippen LogP contribution in [0, 0.1) is 5.92 Å². The highest BCUT2D eigenvalue weighted by Crippen LogP contribution is 2.30. The third kappa shape index (κ3) is 5.08. The second-order valence-electron chi connectivity index (χ2n) is 7.15. The summed E-state index contributed by atoms with van der Waals surface area (Å²) in [5.74, 6) is 0.0243. The van der Waals surface area contributed by atoms with E-state index in [9.17, 15) is 9.59 Å². The number of amides is 2. The van der Waals surface area contributed by atoms with Gasteiger partial charge in [-0.3, -0.25) is 9.59 Å². The number of carbonyl (C=O) groups is 2. The summed E-state index contributed by atoms with van der Waals surface area (Å²) in [7, 11) is 0. The molecule has 0 saturated heterocycles. The van der Waals surface area contributed by atoms with Crippen molar-refractivity contribution >= 4 is 29.9 Å². The predicted octanol–water partition coefficient (Wildman–Crippen LogP) is 3.51. The lowest BCUT2D eigenvalue weighted by atomic mass is 9.91. The number of anilines is 1. The number of rotatable bonds is 6. The van der Waals surface area contributed by atoms with Crippen molar-refractivity contribution < 1.29 is 9.59 Å². The molecule has 144 valence electrons. The van der Waals surface area contributed by atoms with Crippen LogP contribution in [0.1, 0.15) is 43.9 Å². The maximum absolute atomic E-state index is 12.7. The van der Waals surface area contributed by atoms with Crippen molar-refractivity contribution in [2.75, 3.05) is 5.32 Å². The van der Waals surface area contributed by atoms with Gasteiger partial charge in [0.2, 0.25) is 11.8 Å². The lowest BCUT2D eigenvalue weighted by Crippen LogP contribution is -2.49. The van der Waals surface area contributed by atoms with Crippen molar-refractivity contribution in [3.63, 3.8) is 0 Å². The summed E-state index contributed by atoms with van der Waals surface area (Å²) in [6, 6.07) is 16.7. The van der Waals surface area contributed by atoms with Crippen molar-refractivity contribution in [2.24, 2.45) is 11.7 Å². The zero-order valence-electron chi connectivity index (χ0n) is 15.6. The van der Waals surface area contributed by atoms with Crippen LogP contribution in [0.25, 0.3) is 0 Å². The van der Waals surface area contributed by atoms with Gasteiger partial charge in [-0.1, -0.05) is 42.5 Å². The van der Waals surface area contributed by atoms with E-state index in [2.05, 4.69) is 10.6 Å². The van der Waals surface area contributed by atoms with Gasteiger partial charge in [-0.25, -0.2) is 0 Å².